The number of halogens is 1. The maximum Gasteiger partial charge on any atom is 0.240 e. The summed E-state index contributed by atoms with van der Waals surface area (Å²) in [5.74, 6) is 2.50. The van der Waals surface area contributed by atoms with Crippen molar-refractivity contribution in [1.29, 1.82) is 0 Å². The highest BCUT2D eigenvalue weighted by Crippen LogP contribution is 2.26. The molecule has 2 fully saturated rings. The van der Waals surface area contributed by atoms with Crippen LogP contribution in [0.1, 0.15) is 18.4 Å². The topological polar surface area (TPSA) is 23.6 Å². The molecule has 2 aliphatic rings. The van der Waals surface area contributed by atoms with Gasteiger partial charge in [-0.25, -0.2) is 4.39 Å². The monoisotopic (exact) mass is 322 g/mol. The Hall–Kier alpha value is -1.07. The van der Waals surface area contributed by atoms with Crippen molar-refractivity contribution in [3.8, 4) is 0 Å². The molecule has 22 heavy (non-hydrogen) atoms. The normalized spacial score (nSPS) is 23.9. The van der Waals surface area contributed by atoms with Gasteiger partial charge in [-0.15, -0.1) is 11.8 Å². The molecule has 0 radical (unpaired) electrons. The summed E-state index contributed by atoms with van der Waals surface area (Å²) < 4.78 is 13.7. The van der Waals surface area contributed by atoms with Crippen molar-refractivity contribution in [3.05, 3.63) is 35.6 Å². The number of hydrogen-bond donors (Lipinski definition) is 0. The quantitative estimate of drug-likeness (QED) is 0.855. The van der Waals surface area contributed by atoms with Crippen molar-refractivity contribution < 1.29 is 9.18 Å². The predicted molar refractivity (Wildman–Crippen MR) is 88.3 cm³/mol. The molecule has 2 saturated heterocycles. The minimum Gasteiger partial charge on any atom is -0.341 e. The molecule has 2 aliphatic heterocycles. The lowest BCUT2D eigenvalue weighted by Crippen LogP contribution is -2.48. The number of carbonyl (C=O) groups excluding carboxylic acids is 1. The molecule has 120 valence electrons. The second-order valence-corrected chi connectivity index (χ2v) is 7.34. The Kier molecular flexibility index (Phi) is 5.03. The van der Waals surface area contributed by atoms with Crippen molar-refractivity contribution in [2.75, 3.05) is 31.8 Å². The molecule has 2 heterocycles. The molecule has 1 amide bonds. The first kappa shape index (κ1) is 15.8. The first-order chi connectivity index (χ1) is 10.6. The molecular formula is C17H23FN2OS. The maximum atomic E-state index is 13.7. The summed E-state index contributed by atoms with van der Waals surface area (Å²) in [5.41, 5.74) is 0.805. The van der Waals surface area contributed by atoms with E-state index >= 15 is 0 Å². The third-order valence-electron chi connectivity index (χ3n) is 4.78. The van der Waals surface area contributed by atoms with E-state index in [0.29, 0.717) is 5.92 Å². The zero-order chi connectivity index (χ0) is 15.5. The summed E-state index contributed by atoms with van der Waals surface area (Å²) in [6.45, 7) is 1.62. The highest BCUT2D eigenvalue weighted by atomic mass is 32.2. The van der Waals surface area contributed by atoms with E-state index in [0.717, 1.165) is 49.5 Å². The summed E-state index contributed by atoms with van der Waals surface area (Å²) >= 11 is 1.82. The van der Waals surface area contributed by atoms with Crippen LogP contribution in [0.4, 0.5) is 4.39 Å². The summed E-state index contributed by atoms with van der Waals surface area (Å²) in [6.07, 6.45) is 2.74. The van der Waals surface area contributed by atoms with Crippen molar-refractivity contribution in [2.45, 2.75) is 25.3 Å². The molecule has 1 atom stereocenters. The fourth-order valence-corrected chi connectivity index (χ4v) is 4.52. The minimum absolute atomic E-state index is 0.0492. The molecule has 3 nitrogen and oxygen atoms in total. The Labute approximate surface area is 135 Å². The Bertz CT molecular complexity index is 531. The fourth-order valence-electron chi connectivity index (χ4n) is 3.33. The predicted octanol–water partition coefficient (Wildman–Crippen LogP) is 2.61. The Morgan fingerprint density at radius 2 is 2.05 bits per heavy atom. The van der Waals surface area contributed by atoms with E-state index in [1.165, 1.54) is 6.07 Å². The zero-order valence-corrected chi connectivity index (χ0v) is 13.8. The molecule has 0 unspecified atom stereocenters. The van der Waals surface area contributed by atoms with Crippen LogP contribution in [0.3, 0.4) is 0 Å². The molecule has 1 aromatic carbocycles. The Balaban J connectivity index is 1.52. The first-order valence-electron chi connectivity index (χ1n) is 7.95. The SMILES string of the molecule is CN1CSC[C@H]1C(=O)N1CCC(Cc2ccccc2F)CC1. The van der Waals surface area contributed by atoms with Gasteiger partial charge in [-0.1, -0.05) is 18.2 Å². The number of likely N-dealkylation sites (tertiary alicyclic amines) is 1. The number of rotatable bonds is 3. The van der Waals surface area contributed by atoms with Crippen LogP contribution in [0.15, 0.2) is 24.3 Å². The smallest absolute Gasteiger partial charge is 0.240 e. The minimum atomic E-state index is -0.106. The average molecular weight is 322 g/mol. The molecule has 1 aromatic rings. The van der Waals surface area contributed by atoms with E-state index in [9.17, 15) is 9.18 Å². The van der Waals surface area contributed by atoms with Crippen LogP contribution in [0, 0.1) is 11.7 Å². The first-order valence-corrected chi connectivity index (χ1v) is 9.11. The lowest BCUT2D eigenvalue weighted by Gasteiger charge is -2.34. The van der Waals surface area contributed by atoms with Crippen molar-refractivity contribution in [3.63, 3.8) is 0 Å². The Morgan fingerprint density at radius 3 is 2.68 bits per heavy atom. The highest BCUT2D eigenvalue weighted by Gasteiger charge is 2.33. The Morgan fingerprint density at radius 1 is 1.32 bits per heavy atom. The van der Waals surface area contributed by atoms with Crippen LogP contribution < -0.4 is 0 Å². The number of thioether (sulfide) groups is 1. The number of nitrogens with zero attached hydrogens (tertiary/aromatic N) is 2. The number of amides is 1. The van der Waals surface area contributed by atoms with E-state index in [2.05, 4.69) is 4.90 Å². The highest BCUT2D eigenvalue weighted by molar-refractivity contribution is 7.99. The second-order valence-electron chi connectivity index (χ2n) is 6.34. The number of piperidine rings is 1. The lowest BCUT2D eigenvalue weighted by molar-refractivity contribution is -0.136. The molecule has 0 aliphatic carbocycles. The van der Waals surface area contributed by atoms with Gasteiger partial charge in [-0.3, -0.25) is 9.69 Å². The van der Waals surface area contributed by atoms with E-state index in [1.54, 1.807) is 6.07 Å². The third-order valence-corrected chi connectivity index (χ3v) is 5.92. The molecule has 0 aromatic heterocycles. The van der Waals surface area contributed by atoms with Crippen molar-refractivity contribution in [1.82, 2.24) is 9.80 Å². The lowest BCUT2D eigenvalue weighted by atomic mass is 9.90. The van der Waals surface area contributed by atoms with E-state index in [-0.39, 0.29) is 17.8 Å². The average Bonchev–Trinajstić information content (AvgIpc) is 2.96. The van der Waals surface area contributed by atoms with Crippen LogP contribution >= 0.6 is 11.8 Å². The van der Waals surface area contributed by atoms with Crippen molar-refractivity contribution in [2.24, 2.45) is 5.92 Å². The van der Waals surface area contributed by atoms with Crippen LogP contribution in [0.25, 0.3) is 0 Å². The zero-order valence-electron chi connectivity index (χ0n) is 13.0. The number of carbonyl (C=O) groups is 1. The number of likely N-dealkylation sites (N-methyl/N-ethyl adjacent to an activating group) is 1. The van der Waals surface area contributed by atoms with E-state index in [1.807, 2.05) is 35.8 Å². The second kappa shape index (κ2) is 7.01. The molecule has 3 rings (SSSR count). The summed E-state index contributed by atoms with van der Waals surface area (Å²) in [6, 6.07) is 7.08. The van der Waals surface area contributed by atoms with Crippen LogP contribution in [0.2, 0.25) is 0 Å². The van der Waals surface area contributed by atoms with Gasteiger partial charge in [0.05, 0.1) is 6.04 Å². The number of hydrogen-bond acceptors (Lipinski definition) is 3. The van der Waals surface area contributed by atoms with Crippen molar-refractivity contribution >= 4 is 17.7 Å². The van der Waals surface area contributed by atoms with Gasteiger partial charge in [0, 0.05) is 24.7 Å². The molecule has 0 spiro atoms. The molecule has 0 saturated carbocycles. The van der Waals surface area contributed by atoms with Gasteiger partial charge in [0.2, 0.25) is 5.91 Å². The maximum absolute atomic E-state index is 13.7. The summed E-state index contributed by atoms with van der Waals surface area (Å²) in [7, 11) is 2.02. The largest absolute Gasteiger partial charge is 0.341 e. The summed E-state index contributed by atoms with van der Waals surface area (Å²) in [4.78, 5) is 16.7. The van der Waals surface area contributed by atoms with Gasteiger partial charge in [-0.05, 0) is 43.9 Å². The van der Waals surface area contributed by atoms with Gasteiger partial charge in [-0.2, -0.15) is 0 Å². The summed E-state index contributed by atoms with van der Waals surface area (Å²) in [5, 5.41) is 0. The van der Waals surface area contributed by atoms with Gasteiger partial charge in [0.15, 0.2) is 0 Å². The molecule has 0 bridgehead atoms. The number of benzene rings is 1. The van der Waals surface area contributed by atoms with Crippen LogP contribution in [-0.4, -0.2) is 53.5 Å². The third kappa shape index (κ3) is 3.46. The van der Waals surface area contributed by atoms with Gasteiger partial charge < -0.3 is 4.90 Å². The van der Waals surface area contributed by atoms with Gasteiger partial charge in [0.25, 0.3) is 0 Å². The molecule has 0 N–H and O–H groups in total. The fraction of sp³-hybridized carbons (Fsp3) is 0.588. The molecule has 5 heteroatoms. The van der Waals surface area contributed by atoms with Crippen LogP contribution in [-0.2, 0) is 11.2 Å². The molecular weight excluding hydrogens is 299 g/mol. The van der Waals surface area contributed by atoms with Gasteiger partial charge in [0.1, 0.15) is 5.82 Å². The van der Waals surface area contributed by atoms with Crippen LogP contribution in [0.5, 0.6) is 0 Å². The van der Waals surface area contributed by atoms with Gasteiger partial charge >= 0.3 is 0 Å². The van der Waals surface area contributed by atoms with E-state index in [4.69, 9.17) is 0 Å². The standard InChI is InChI=1S/C17H23FN2OS/c1-19-12-22-11-16(19)17(21)20-8-6-13(7-9-20)10-14-4-2-3-5-15(14)18/h2-5,13,16H,6-12H2,1H3/t16-/m0/s1. The van der Waals surface area contributed by atoms with E-state index < -0.39 is 0 Å².